The summed E-state index contributed by atoms with van der Waals surface area (Å²) in [6, 6.07) is 0.671. The zero-order valence-electron chi connectivity index (χ0n) is 14.0. The molecule has 2 saturated carbocycles. The van der Waals surface area contributed by atoms with Crippen LogP contribution in [0.4, 0.5) is 0 Å². The van der Waals surface area contributed by atoms with E-state index in [0.29, 0.717) is 11.5 Å². The Morgan fingerprint density at radius 1 is 0.619 bits per heavy atom. The Balaban J connectivity index is 1.69. The molecule has 0 N–H and O–H groups in total. The lowest BCUT2D eigenvalue weighted by atomic mass is 9.81. The molecule has 0 saturated heterocycles. The Bertz CT molecular complexity index is 321. The highest BCUT2D eigenvalue weighted by Crippen LogP contribution is 2.42. The monoisotopic (exact) mass is 289 g/mol. The minimum absolute atomic E-state index is 0.510. The summed E-state index contributed by atoms with van der Waals surface area (Å²) in [6.45, 7) is 0. The first-order chi connectivity index (χ1) is 10.4. The highest BCUT2D eigenvalue weighted by Gasteiger charge is 2.32. The van der Waals surface area contributed by atoms with E-state index >= 15 is 0 Å². The first-order valence-electron chi connectivity index (χ1n) is 9.92. The predicted octanol–water partition coefficient (Wildman–Crippen LogP) is 6.31. The summed E-state index contributed by atoms with van der Waals surface area (Å²) < 4.78 is 0. The Kier molecular flexibility index (Phi) is 5.77. The SMILES string of the molecule is C1=NC(C2CCCC2)CCCCCCCCC12CCCC2. The van der Waals surface area contributed by atoms with Crippen molar-refractivity contribution in [2.45, 2.75) is 109 Å². The van der Waals surface area contributed by atoms with Crippen LogP contribution in [0.3, 0.4) is 0 Å². The smallest absolute Gasteiger partial charge is 0.0524 e. The molecule has 1 aliphatic heterocycles. The Morgan fingerprint density at radius 3 is 1.86 bits per heavy atom. The molecule has 120 valence electrons. The van der Waals surface area contributed by atoms with Gasteiger partial charge in [0.1, 0.15) is 0 Å². The van der Waals surface area contributed by atoms with Crippen LogP contribution in [-0.2, 0) is 0 Å². The third-order valence-electron chi connectivity index (χ3n) is 6.51. The van der Waals surface area contributed by atoms with Gasteiger partial charge in [0.25, 0.3) is 0 Å². The zero-order chi connectivity index (χ0) is 14.4. The first-order valence-corrected chi connectivity index (χ1v) is 9.92. The summed E-state index contributed by atoms with van der Waals surface area (Å²) in [5.41, 5.74) is 0.510. The summed E-state index contributed by atoms with van der Waals surface area (Å²) in [7, 11) is 0. The van der Waals surface area contributed by atoms with Crippen LogP contribution in [0.2, 0.25) is 0 Å². The maximum atomic E-state index is 5.25. The number of aliphatic imine (C=N–C) groups is 1. The van der Waals surface area contributed by atoms with Crippen molar-refractivity contribution in [2.24, 2.45) is 16.3 Å². The third kappa shape index (κ3) is 4.33. The molecule has 0 bridgehead atoms. The van der Waals surface area contributed by atoms with Crippen LogP contribution in [0.25, 0.3) is 0 Å². The molecule has 1 spiro atoms. The normalized spacial score (nSPS) is 32.1. The second-order valence-electron chi connectivity index (χ2n) is 8.12. The van der Waals surface area contributed by atoms with Crippen LogP contribution in [-0.4, -0.2) is 12.3 Å². The van der Waals surface area contributed by atoms with Gasteiger partial charge in [0.05, 0.1) is 6.04 Å². The fraction of sp³-hybridized carbons (Fsp3) is 0.950. The second-order valence-corrected chi connectivity index (χ2v) is 8.12. The van der Waals surface area contributed by atoms with Crippen molar-refractivity contribution < 1.29 is 0 Å². The maximum Gasteiger partial charge on any atom is 0.0524 e. The first kappa shape index (κ1) is 15.6. The molecule has 1 heteroatoms. The van der Waals surface area contributed by atoms with Gasteiger partial charge in [0, 0.05) is 11.6 Å². The van der Waals surface area contributed by atoms with Crippen molar-refractivity contribution in [1.29, 1.82) is 0 Å². The largest absolute Gasteiger partial charge is 0.293 e. The van der Waals surface area contributed by atoms with Crippen LogP contribution < -0.4 is 0 Å². The average molecular weight is 290 g/mol. The summed E-state index contributed by atoms with van der Waals surface area (Å²) in [4.78, 5) is 5.25. The predicted molar refractivity (Wildman–Crippen MR) is 92.1 cm³/mol. The average Bonchev–Trinajstić information content (AvgIpc) is 3.16. The van der Waals surface area contributed by atoms with Crippen molar-refractivity contribution >= 4 is 6.21 Å². The lowest BCUT2D eigenvalue weighted by Gasteiger charge is -2.27. The quantitative estimate of drug-likeness (QED) is 0.536. The summed E-state index contributed by atoms with van der Waals surface area (Å²) in [5.74, 6) is 0.919. The highest BCUT2D eigenvalue weighted by atomic mass is 14.8. The van der Waals surface area contributed by atoms with E-state index in [1.807, 2.05) is 0 Å². The van der Waals surface area contributed by atoms with Gasteiger partial charge >= 0.3 is 0 Å². The van der Waals surface area contributed by atoms with Gasteiger partial charge in [0.2, 0.25) is 0 Å². The second kappa shape index (κ2) is 7.79. The summed E-state index contributed by atoms with van der Waals surface area (Å²) >= 11 is 0. The standard InChI is InChI=1S/C20H35N/c1-2-4-8-14-20(15-9-10-16-20)17-21-19(13-5-3-1)18-11-6-7-12-18/h17-19H,1-16H2. The van der Waals surface area contributed by atoms with Gasteiger partial charge in [-0.1, -0.05) is 64.2 Å². The molecular formula is C20H35N. The number of hydrogen-bond donors (Lipinski definition) is 0. The molecule has 3 aliphatic rings. The van der Waals surface area contributed by atoms with E-state index in [0.717, 1.165) is 5.92 Å². The van der Waals surface area contributed by atoms with Crippen LogP contribution in [0.15, 0.2) is 4.99 Å². The molecule has 2 aliphatic carbocycles. The van der Waals surface area contributed by atoms with E-state index in [2.05, 4.69) is 6.21 Å². The summed E-state index contributed by atoms with van der Waals surface area (Å²) in [5, 5.41) is 0. The minimum atomic E-state index is 0.510. The van der Waals surface area contributed by atoms with Gasteiger partial charge in [-0.15, -0.1) is 0 Å². The topological polar surface area (TPSA) is 12.4 Å². The van der Waals surface area contributed by atoms with Gasteiger partial charge in [0.15, 0.2) is 0 Å². The molecule has 1 atom stereocenters. The van der Waals surface area contributed by atoms with Crippen LogP contribution in [0, 0.1) is 11.3 Å². The molecule has 2 fully saturated rings. The number of hydrogen-bond acceptors (Lipinski definition) is 1. The van der Waals surface area contributed by atoms with E-state index in [-0.39, 0.29) is 0 Å². The molecule has 1 unspecified atom stereocenters. The molecule has 1 heterocycles. The molecule has 3 rings (SSSR count). The van der Waals surface area contributed by atoms with E-state index < -0.39 is 0 Å². The minimum Gasteiger partial charge on any atom is -0.293 e. The van der Waals surface area contributed by atoms with Crippen LogP contribution in [0.1, 0.15) is 103 Å². The van der Waals surface area contributed by atoms with E-state index in [1.54, 1.807) is 0 Å². The zero-order valence-corrected chi connectivity index (χ0v) is 14.0. The number of nitrogens with zero attached hydrogens (tertiary/aromatic N) is 1. The Morgan fingerprint density at radius 2 is 1.14 bits per heavy atom. The molecule has 0 aromatic carbocycles. The summed E-state index contributed by atoms with van der Waals surface area (Å²) in [6.07, 6.45) is 25.6. The molecular weight excluding hydrogens is 254 g/mol. The maximum absolute atomic E-state index is 5.25. The van der Waals surface area contributed by atoms with Crippen molar-refractivity contribution in [3.8, 4) is 0 Å². The van der Waals surface area contributed by atoms with E-state index in [4.69, 9.17) is 4.99 Å². The van der Waals surface area contributed by atoms with Crippen molar-refractivity contribution in [3.05, 3.63) is 0 Å². The Hall–Kier alpha value is -0.330. The van der Waals surface area contributed by atoms with Gasteiger partial charge < -0.3 is 0 Å². The lowest BCUT2D eigenvalue weighted by Crippen LogP contribution is -2.23. The number of rotatable bonds is 1. The molecule has 0 amide bonds. The fourth-order valence-corrected chi connectivity index (χ4v) is 5.09. The van der Waals surface area contributed by atoms with Crippen molar-refractivity contribution in [3.63, 3.8) is 0 Å². The van der Waals surface area contributed by atoms with E-state index in [1.165, 1.54) is 103 Å². The van der Waals surface area contributed by atoms with Gasteiger partial charge in [-0.25, -0.2) is 0 Å². The van der Waals surface area contributed by atoms with Crippen LogP contribution >= 0.6 is 0 Å². The van der Waals surface area contributed by atoms with E-state index in [9.17, 15) is 0 Å². The van der Waals surface area contributed by atoms with Gasteiger partial charge in [-0.2, -0.15) is 0 Å². The molecule has 1 nitrogen and oxygen atoms in total. The molecule has 21 heavy (non-hydrogen) atoms. The van der Waals surface area contributed by atoms with Gasteiger partial charge in [-0.05, 0) is 44.4 Å². The third-order valence-corrected chi connectivity index (χ3v) is 6.51. The van der Waals surface area contributed by atoms with Crippen LogP contribution in [0.5, 0.6) is 0 Å². The fourth-order valence-electron chi connectivity index (χ4n) is 5.09. The Labute approximate surface area is 132 Å². The van der Waals surface area contributed by atoms with Crippen molar-refractivity contribution in [1.82, 2.24) is 0 Å². The molecule has 0 aromatic rings. The highest BCUT2D eigenvalue weighted by molar-refractivity contribution is 5.66. The molecule has 0 radical (unpaired) electrons. The van der Waals surface area contributed by atoms with Crippen molar-refractivity contribution in [2.75, 3.05) is 0 Å². The lowest BCUT2D eigenvalue weighted by molar-refractivity contribution is 0.360. The van der Waals surface area contributed by atoms with Gasteiger partial charge in [-0.3, -0.25) is 4.99 Å². The molecule has 0 aromatic heterocycles.